The van der Waals surface area contributed by atoms with Gasteiger partial charge in [-0.15, -0.1) is 0 Å². The number of nitrogens with zero attached hydrogens (tertiary/aromatic N) is 3. The third-order valence-electron chi connectivity index (χ3n) is 4.87. The van der Waals surface area contributed by atoms with Gasteiger partial charge in [-0.2, -0.15) is 5.26 Å². The van der Waals surface area contributed by atoms with Crippen LogP contribution in [0.15, 0.2) is 54.7 Å². The van der Waals surface area contributed by atoms with Crippen molar-refractivity contribution in [1.29, 1.82) is 5.26 Å². The van der Waals surface area contributed by atoms with Gasteiger partial charge in [-0.1, -0.05) is 6.07 Å². The van der Waals surface area contributed by atoms with Gasteiger partial charge in [0.15, 0.2) is 0 Å². The van der Waals surface area contributed by atoms with Crippen LogP contribution in [0.3, 0.4) is 0 Å². The predicted octanol–water partition coefficient (Wildman–Crippen LogP) is 3.48. The van der Waals surface area contributed by atoms with Gasteiger partial charge in [-0.3, -0.25) is 4.79 Å². The monoisotopic (exact) mass is 372 g/mol. The smallest absolute Gasteiger partial charge is 0.249 e. The van der Waals surface area contributed by atoms with E-state index in [1.807, 2.05) is 30.3 Å². The number of primary amides is 1. The molecule has 3 aromatic rings. The maximum absolute atomic E-state index is 13.7. The van der Waals surface area contributed by atoms with E-state index >= 15 is 0 Å². The number of hydrogen-bond donors (Lipinski definition) is 1. The molecule has 0 radical (unpaired) electrons. The van der Waals surface area contributed by atoms with Crippen molar-refractivity contribution in [2.75, 3.05) is 11.4 Å². The summed E-state index contributed by atoms with van der Waals surface area (Å²) in [7, 11) is 0. The summed E-state index contributed by atoms with van der Waals surface area (Å²) in [6.45, 7) is 0.703. The van der Waals surface area contributed by atoms with Crippen molar-refractivity contribution in [3.8, 4) is 6.07 Å². The fourth-order valence-electron chi connectivity index (χ4n) is 3.67. The first-order valence-electron chi connectivity index (χ1n) is 8.89. The molecule has 4 rings (SSSR count). The molecule has 0 aliphatic carbocycles. The van der Waals surface area contributed by atoms with Crippen LogP contribution >= 0.6 is 0 Å². The van der Waals surface area contributed by atoms with E-state index in [1.54, 1.807) is 18.3 Å². The summed E-state index contributed by atoms with van der Waals surface area (Å²) in [6.07, 6.45) is 2.92. The van der Waals surface area contributed by atoms with Crippen LogP contribution < -0.4 is 10.6 Å². The van der Waals surface area contributed by atoms with Crippen molar-refractivity contribution < 1.29 is 9.18 Å². The second kappa shape index (κ2) is 7.12. The Morgan fingerprint density at radius 3 is 2.86 bits per heavy atom. The van der Waals surface area contributed by atoms with Gasteiger partial charge in [0.25, 0.3) is 0 Å². The van der Waals surface area contributed by atoms with Crippen LogP contribution in [-0.2, 0) is 12.8 Å². The third-order valence-corrected chi connectivity index (χ3v) is 4.87. The van der Waals surface area contributed by atoms with Crippen LogP contribution in [0.2, 0.25) is 0 Å². The van der Waals surface area contributed by atoms with E-state index in [9.17, 15) is 9.18 Å². The lowest BCUT2D eigenvalue weighted by molar-refractivity contribution is 0.0999. The number of nitriles is 1. The highest BCUT2D eigenvalue weighted by Crippen LogP contribution is 2.35. The highest BCUT2D eigenvalue weighted by atomic mass is 19.1. The van der Waals surface area contributed by atoms with Gasteiger partial charge in [0.1, 0.15) is 11.6 Å². The first-order valence-corrected chi connectivity index (χ1v) is 8.89. The number of nitrogens with two attached hydrogens (primary N) is 1. The number of halogens is 1. The maximum atomic E-state index is 13.7. The van der Waals surface area contributed by atoms with Crippen LogP contribution in [-0.4, -0.2) is 17.4 Å². The van der Waals surface area contributed by atoms with Gasteiger partial charge in [0, 0.05) is 24.0 Å². The van der Waals surface area contributed by atoms with Crippen LogP contribution in [0.5, 0.6) is 0 Å². The Labute approximate surface area is 161 Å². The minimum absolute atomic E-state index is 0.303. The Kier molecular flexibility index (Phi) is 4.50. The fourth-order valence-corrected chi connectivity index (χ4v) is 3.67. The zero-order valence-corrected chi connectivity index (χ0v) is 15.0. The quantitative estimate of drug-likeness (QED) is 0.760. The van der Waals surface area contributed by atoms with Gasteiger partial charge >= 0.3 is 0 Å². The molecular formula is C22H17FN4O. The zero-order valence-electron chi connectivity index (χ0n) is 15.0. The summed E-state index contributed by atoms with van der Waals surface area (Å²) in [5, 5.41) is 9.03. The minimum Gasteiger partial charge on any atom is -0.366 e. The van der Waals surface area contributed by atoms with Gasteiger partial charge in [0.05, 0.1) is 11.6 Å². The van der Waals surface area contributed by atoms with Gasteiger partial charge in [0.2, 0.25) is 5.91 Å². The lowest BCUT2D eigenvalue weighted by Gasteiger charge is -2.19. The van der Waals surface area contributed by atoms with Crippen LogP contribution in [0.25, 0.3) is 0 Å². The number of rotatable bonds is 4. The number of amides is 1. The van der Waals surface area contributed by atoms with E-state index in [-0.39, 0.29) is 0 Å². The number of anilines is 2. The van der Waals surface area contributed by atoms with Gasteiger partial charge < -0.3 is 10.6 Å². The number of benzene rings is 2. The molecule has 28 heavy (non-hydrogen) atoms. The lowest BCUT2D eigenvalue weighted by Crippen LogP contribution is -2.15. The molecule has 2 heterocycles. The van der Waals surface area contributed by atoms with E-state index in [2.05, 4.69) is 9.88 Å². The number of carbonyl (C=O) groups is 1. The molecule has 0 saturated carbocycles. The Balaban J connectivity index is 1.65. The second-order valence-electron chi connectivity index (χ2n) is 6.73. The molecule has 6 heteroatoms. The maximum Gasteiger partial charge on any atom is 0.249 e. The van der Waals surface area contributed by atoms with E-state index in [4.69, 9.17) is 11.0 Å². The van der Waals surface area contributed by atoms with Crippen molar-refractivity contribution in [1.82, 2.24) is 4.98 Å². The molecule has 1 aliphatic rings. The van der Waals surface area contributed by atoms with Crippen molar-refractivity contribution >= 4 is 17.4 Å². The van der Waals surface area contributed by atoms with Gasteiger partial charge in [-0.25, -0.2) is 9.37 Å². The second-order valence-corrected chi connectivity index (χ2v) is 6.73. The summed E-state index contributed by atoms with van der Waals surface area (Å²) < 4.78 is 13.7. The zero-order chi connectivity index (χ0) is 19.7. The van der Waals surface area contributed by atoms with Crippen LogP contribution in [0.4, 0.5) is 15.9 Å². The summed E-state index contributed by atoms with van der Waals surface area (Å²) in [4.78, 5) is 18.2. The molecule has 1 aliphatic heterocycles. The molecule has 0 unspecified atom stereocenters. The Morgan fingerprint density at radius 1 is 1.21 bits per heavy atom. The molecule has 5 nitrogen and oxygen atoms in total. The van der Waals surface area contributed by atoms with Gasteiger partial charge in [-0.05, 0) is 72.0 Å². The molecule has 2 aromatic carbocycles. The summed E-state index contributed by atoms with van der Waals surface area (Å²) in [5.74, 6) is -0.0922. The molecule has 2 N–H and O–H groups in total. The van der Waals surface area contributed by atoms with Crippen LogP contribution in [0.1, 0.15) is 32.6 Å². The molecule has 0 fully saturated rings. The first kappa shape index (κ1) is 17.7. The average Bonchev–Trinajstić information content (AvgIpc) is 3.11. The van der Waals surface area contributed by atoms with Crippen molar-refractivity contribution in [2.24, 2.45) is 5.73 Å². The van der Waals surface area contributed by atoms with E-state index < -0.39 is 11.7 Å². The van der Waals surface area contributed by atoms with Crippen molar-refractivity contribution in [3.63, 3.8) is 0 Å². The lowest BCUT2D eigenvalue weighted by atomic mass is 10.0. The molecule has 0 atom stereocenters. The van der Waals surface area contributed by atoms with E-state index in [1.165, 1.54) is 12.1 Å². The molecule has 0 saturated heterocycles. The summed E-state index contributed by atoms with van der Waals surface area (Å²) in [6, 6.07) is 15.7. The molecule has 138 valence electrons. The highest BCUT2D eigenvalue weighted by molar-refractivity contribution is 5.96. The Bertz CT molecular complexity index is 1120. The number of fused-ring (bicyclic) bond motifs is 1. The number of pyridine rings is 1. The summed E-state index contributed by atoms with van der Waals surface area (Å²) in [5.41, 5.74) is 9.89. The number of carbonyl (C=O) groups excluding carboxylic acids is 1. The number of hydrogen-bond acceptors (Lipinski definition) is 4. The minimum atomic E-state index is -0.431. The predicted molar refractivity (Wildman–Crippen MR) is 104 cm³/mol. The van der Waals surface area contributed by atoms with Crippen molar-refractivity contribution in [3.05, 3.63) is 88.4 Å². The average molecular weight is 372 g/mol. The third kappa shape index (κ3) is 3.30. The first-order chi connectivity index (χ1) is 13.5. The molecule has 0 bridgehead atoms. The van der Waals surface area contributed by atoms with E-state index in [0.29, 0.717) is 24.1 Å². The number of aromatic nitrogens is 1. The standard InChI is InChI=1S/C22H17FN4O/c23-17-10-15(9-16(11-17)13-24)8-14-4-6-26-21(12-14)27-7-5-18-19(22(25)28)2-1-3-20(18)27/h1-4,6,9-12H,5,7-8H2,(H2,25,28). The Hall–Kier alpha value is -3.72. The molecule has 1 amide bonds. The molecular weight excluding hydrogens is 355 g/mol. The topological polar surface area (TPSA) is 83.0 Å². The molecule has 0 spiro atoms. The van der Waals surface area contributed by atoms with E-state index in [0.717, 1.165) is 34.6 Å². The SMILES string of the molecule is N#Cc1cc(F)cc(Cc2ccnc(N3CCc4c(C(N)=O)cccc43)c2)c1. The largest absolute Gasteiger partial charge is 0.366 e. The van der Waals surface area contributed by atoms with Crippen LogP contribution in [0, 0.1) is 17.1 Å². The Morgan fingerprint density at radius 2 is 2.07 bits per heavy atom. The fraction of sp³-hybridized carbons (Fsp3) is 0.136. The summed E-state index contributed by atoms with van der Waals surface area (Å²) >= 11 is 0. The molecule has 1 aromatic heterocycles. The highest BCUT2D eigenvalue weighted by Gasteiger charge is 2.25. The van der Waals surface area contributed by atoms with Crippen molar-refractivity contribution in [2.45, 2.75) is 12.8 Å². The normalized spacial score (nSPS) is 12.5.